The molecule has 2 rings (SSSR count). The van der Waals surface area contributed by atoms with Crippen molar-refractivity contribution in [2.75, 3.05) is 33.2 Å². The minimum Gasteiger partial charge on any atom is -0.353 e. The zero-order valence-corrected chi connectivity index (χ0v) is 14.9. The lowest BCUT2D eigenvalue weighted by molar-refractivity contribution is -0.122. The Morgan fingerprint density at radius 3 is 2.82 bits per heavy atom. The highest BCUT2D eigenvalue weighted by Crippen LogP contribution is 2.21. The molecule has 0 bridgehead atoms. The third kappa shape index (κ3) is 6.13. The van der Waals surface area contributed by atoms with Crippen LogP contribution in [0.2, 0.25) is 0 Å². The summed E-state index contributed by atoms with van der Waals surface area (Å²) < 4.78 is 0. The fourth-order valence-electron chi connectivity index (χ4n) is 2.75. The Balaban J connectivity index is 0.00000220. The summed E-state index contributed by atoms with van der Waals surface area (Å²) in [5, 5.41) is 6.52. The van der Waals surface area contributed by atoms with Gasteiger partial charge in [0.2, 0.25) is 5.91 Å². The average molecular weight is 348 g/mol. The molecule has 1 unspecified atom stereocenters. The summed E-state index contributed by atoms with van der Waals surface area (Å²) in [7, 11) is 1.98. The first-order valence-electron chi connectivity index (χ1n) is 7.47. The highest BCUT2D eigenvalue weighted by atomic mass is 35.5. The van der Waals surface area contributed by atoms with Crippen molar-refractivity contribution < 1.29 is 4.79 Å². The predicted molar refractivity (Wildman–Crippen MR) is 96.2 cm³/mol. The van der Waals surface area contributed by atoms with E-state index in [1.807, 2.05) is 7.05 Å². The normalized spacial score (nSPS) is 16.2. The minimum absolute atomic E-state index is 0. The summed E-state index contributed by atoms with van der Waals surface area (Å²) in [5.41, 5.74) is 2.72. The molecule has 1 aliphatic rings. The van der Waals surface area contributed by atoms with Crippen LogP contribution in [0.5, 0.6) is 0 Å². The van der Waals surface area contributed by atoms with E-state index in [1.165, 1.54) is 11.1 Å². The quantitative estimate of drug-likeness (QED) is 0.828. The molecular formula is C16H27Cl2N3O. The van der Waals surface area contributed by atoms with Crippen molar-refractivity contribution >= 4 is 30.7 Å². The molecular weight excluding hydrogens is 321 g/mol. The van der Waals surface area contributed by atoms with Gasteiger partial charge in [-0.1, -0.05) is 31.2 Å². The molecule has 1 aliphatic heterocycles. The van der Waals surface area contributed by atoms with E-state index < -0.39 is 0 Å². The molecule has 0 spiro atoms. The molecule has 0 aliphatic carbocycles. The second-order valence-electron chi connectivity index (χ2n) is 5.50. The van der Waals surface area contributed by atoms with Crippen LogP contribution in [0.25, 0.3) is 0 Å². The van der Waals surface area contributed by atoms with Crippen molar-refractivity contribution in [1.29, 1.82) is 0 Å². The molecule has 1 heterocycles. The van der Waals surface area contributed by atoms with Gasteiger partial charge in [0.25, 0.3) is 0 Å². The second-order valence-corrected chi connectivity index (χ2v) is 5.50. The molecule has 0 saturated heterocycles. The number of likely N-dealkylation sites (N-methyl/N-ethyl adjacent to an activating group) is 1. The molecule has 1 aromatic rings. The summed E-state index contributed by atoms with van der Waals surface area (Å²) in [6, 6.07) is 8.72. The number of nitrogens with zero attached hydrogens (tertiary/aromatic N) is 1. The van der Waals surface area contributed by atoms with E-state index in [-0.39, 0.29) is 36.8 Å². The molecule has 2 N–H and O–H groups in total. The first-order chi connectivity index (χ1) is 9.70. The van der Waals surface area contributed by atoms with Crippen molar-refractivity contribution in [1.82, 2.24) is 15.5 Å². The van der Waals surface area contributed by atoms with E-state index in [0.29, 0.717) is 13.1 Å². The third-order valence-corrected chi connectivity index (χ3v) is 3.74. The van der Waals surface area contributed by atoms with Crippen LogP contribution in [-0.4, -0.2) is 44.0 Å². The van der Waals surface area contributed by atoms with Crippen LogP contribution in [0.15, 0.2) is 24.3 Å². The fraction of sp³-hybridized carbons (Fsp3) is 0.562. The molecule has 0 fully saturated rings. The van der Waals surface area contributed by atoms with Crippen molar-refractivity contribution in [2.45, 2.75) is 25.8 Å². The number of carbonyl (C=O) groups excluding carboxylic acids is 1. The fourth-order valence-corrected chi connectivity index (χ4v) is 2.75. The maximum Gasteiger partial charge on any atom is 0.234 e. The third-order valence-electron chi connectivity index (χ3n) is 3.74. The largest absolute Gasteiger partial charge is 0.353 e. The topological polar surface area (TPSA) is 44.4 Å². The maximum atomic E-state index is 11.9. The molecule has 1 amide bonds. The highest BCUT2D eigenvalue weighted by molar-refractivity contribution is 5.85. The summed E-state index contributed by atoms with van der Waals surface area (Å²) >= 11 is 0. The van der Waals surface area contributed by atoms with Crippen LogP contribution in [0, 0.1) is 0 Å². The van der Waals surface area contributed by atoms with Crippen LogP contribution in [0.3, 0.4) is 0 Å². The molecule has 22 heavy (non-hydrogen) atoms. The molecule has 6 heteroatoms. The van der Waals surface area contributed by atoms with E-state index in [9.17, 15) is 4.79 Å². The number of hydrogen-bond donors (Lipinski definition) is 2. The lowest BCUT2D eigenvalue weighted by Crippen LogP contribution is -2.42. The van der Waals surface area contributed by atoms with Gasteiger partial charge < -0.3 is 10.6 Å². The number of fused-ring (bicyclic) bond motifs is 1. The van der Waals surface area contributed by atoms with Crippen molar-refractivity contribution in [3.63, 3.8) is 0 Å². The highest BCUT2D eigenvalue weighted by Gasteiger charge is 2.19. The average Bonchev–Trinajstić information content (AvgIpc) is 2.45. The number of carbonyl (C=O) groups is 1. The van der Waals surface area contributed by atoms with Gasteiger partial charge in [-0.2, -0.15) is 0 Å². The number of halogens is 2. The van der Waals surface area contributed by atoms with E-state index in [4.69, 9.17) is 0 Å². The lowest BCUT2D eigenvalue weighted by Gasteiger charge is -2.27. The number of benzene rings is 1. The number of rotatable bonds is 6. The van der Waals surface area contributed by atoms with Crippen molar-refractivity contribution in [3.8, 4) is 0 Å². The van der Waals surface area contributed by atoms with E-state index in [0.717, 1.165) is 25.9 Å². The van der Waals surface area contributed by atoms with Crippen LogP contribution in [-0.2, 0) is 11.2 Å². The standard InChI is InChI=1S/C16H25N3O.2ClH/c1-3-10-19(2)12-16(20)18-11-15-14-7-5-4-6-13(14)8-9-17-15;;/h4-7,15,17H,3,8-12H2,1-2H3,(H,18,20);2*1H. The zero-order chi connectivity index (χ0) is 14.4. The second kappa shape index (κ2) is 10.8. The van der Waals surface area contributed by atoms with Crippen LogP contribution in [0.1, 0.15) is 30.5 Å². The Morgan fingerprint density at radius 1 is 1.36 bits per heavy atom. The number of amides is 1. The summed E-state index contributed by atoms with van der Waals surface area (Å²) in [4.78, 5) is 14.0. The van der Waals surface area contributed by atoms with Gasteiger partial charge in [0.1, 0.15) is 0 Å². The maximum absolute atomic E-state index is 11.9. The van der Waals surface area contributed by atoms with Gasteiger partial charge >= 0.3 is 0 Å². The van der Waals surface area contributed by atoms with Gasteiger partial charge in [-0.25, -0.2) is 0 Å². The van der Waals surface area contributed by atoms with Gasteiger partial charge in [0.15, 0.2) is 0 Å². The number of nitrogens with one attached hydrogen (secondary N) is 2. The molecule has 0 saturated carbocycles. The summed E-state index contributed by atoms with van der Waals surface area (Å²) in [6.45, 7) is 5.19. The first-order valence-corrected chi connectivity index (χ1v) is 7.47. The SMILES string of the molecule is CCCN(C)CC(=O)NCC1NCCc2ccccc21.Cl.Cl. The molecule has 0 aromatic heterocycles. The lowest BCUT2D eigenvalue weighted by atomic mass is 9.94. The van der Waals surface area contributed by atoms with Crippen molar-refractivity contribution in [3.05, 3.63) is 35.4 Å². The van der Waals surface area contributed by atoms with Gasteiger partial charge in [-0.3, -0.25) is 9.69 Å². The minimum atomic E-state index is 0. The van der Waals surface area contributed by atoms with Gasteiger partial charge in [0, 0.05) is 12.6 Å². The van der Waals surface area contributed by atoms with E-state index in [1.54, 1.807) is 0 Å². The Bertz CT molecular complexity index is 457. The van der Waals surface area contributed by atoms with Crippen LogP contribution in [0.4, 0.5) is 0 Å². The molecule has 0 radical (unpaired) electrons. The molecule has 126 valence electrons. The van der Waals surface area contributed by atoms with E-state index in [2.05, 4.69) is 46.7 Å². The Kier molecular flexibility index (Phi) is 10.4. The monoisotopic (exact) mass is 347 g/mol. The summed E-state index contributed by atoms with van der Waals surface area (Å²) in [5.74, 6) is 0.103. The Labute approximate surface area is 145 Å². The first kappa shape index (κ1) is 21.2. The zero-order valence-electron chi connectivity index (χ0n) is 13.3. The van der Waals surface area contributed by atoms with Gasteiger partial charge in [-0.05, 0) is 44.1 Å². The van der Waals surface area contributed by atoms with E-state index >= 15 is 0 Å². The van der Waals surface area contributed by atoms with Crippen LogP contribution >= 0.6 is 24.8 Å². The van der Waals surface area contributed by atoms with Crippen molar-refractivity contribution in [2.24, 2.45) is 0 Å². The molecule has 4 nitrogen and oxygen atoms in total. The molecule has 1 aromatic carbocycles. The molecule has 1 atom stereocenters. The Hall–Kier alpha value is -0.810. The number of hydrogen-bond acceptors (Lipinski definition) is 3. The smallest absolute Gasteiger partial charge is 0.234 e. The predicted octanol–water partition coefficient (Wildman–Crippen LogP) is 2.18. The van der Waals surface area contributed by atoms with Crippen LogP contribution < -0.4 is 10.6 Å². The Morgan fingerprint density at radius 2 is 2.09 bits per heavy atom. The van der Waals surface area contributed by atoms with Gasteiger partial charge in [0.05, 0.1) is 6.54 Å². The van der Waals surface area contributed by atoms with Gasteiger partial charge in [-0.15, -0.1) is 24.8 Å². The summed E-state index contributed by atoms with van der Waals surface area (Å²) in [6.07, 6.45) is 2.14.